The van der Waals surface area contributed by atoms with E-state index in [0.29, 0.717) is 15.7 Å². The molecule has 12 nitrogen and oxygen atoms in total. The van der Waals surface area contributed by atoms with Gasteiger partial charge in [-0.15, -0.1) is 0 Å². The summed E-state index contributed by atoms with van der Waals surface area (Å²) in [4.78, 5) is 66.7. The van der Waals surface area contributed by atoms with Crippen LogP contribution in [-0.2, 0) is 85.0 Å². The number of hydrogen-bond acceptors (Lipinski definition) is 10. The molecule has 22 heteroatoms. The minimum Gasteiger partial charge on any atom is -0.336 e. The van der Waals surface area contributed by atoms with E-state index >= 15 is 9.59 Å². The van der Waals surface area contributed by atoms with Crippen LogP contribution in [0.5, 0.6) is 0 Å². The van der Waals surface area contributed by atoms with Crippen molar-refractivity contribution >= 4 is 35.3 Å². The fourth-order valence-corrected chi connectivity index (χ4v) is 10.8. The molecule has 2 aliphatic carbocycles. The van der Waals surface area contributed by atoms with Gasteiger partial charge < -0.3 is 28.7 Å². The van der Waals surface area contributed by atoms with Crippen molar-refractivity contribution in [2.45, 2.75) is 134 Å². The number of rotatable bonds is 26. The van der Waals surface area contributed by atoms with Gasteiger partial charge in [0.15, 0.2) is 10.3 Å². The third-order valence-corrected chi connectivity index (χ3v) is 16.1. The second kappa shape index (κ2) is 32.9. The summed E-state index contributed by atoms with van der Waals surface area (Å²) in [6.45, 7) is -16.2. The molecule has 6 aromatic carbocycles. The number of carbonyl (C=O) groups excluding carboxylic acids is 2. The fourth-order valence-electron chi connectivity index (χ4n) is 9.36. The molecule has 0 fully saturated rings. The van der Waals surface area contributed by atoms with E-state index in [1.54, 1.807) is 0 Å². The summed E-state index contributed by atoms with van der Waals surface area (Å²) in [6, 6.07) is 9.51. The third-order valence-electron chi connectivity index (χ3n) is 14.5. The van der Waals surface area contributed by atoms with E-state index in [2.05, 4.69) is 9.97 Å². The Kier molecular flexibility index (Phi) is 14.9. The third kappa shape index (κ3) is 19.0. The molecule has 10 rings (SSSR count). The van der Waals surface area contributed by atoms with Crippen LogP contribution in [0.1, 0.15) is 141 Å². The van der Waals surface area contributed by atoms with Gasteiger partial charge in [0.2, 0.25) is 11.8 Å². The molecule has 2 aromatic heterocycles. The maximum atomic E-state index is 15.0. The zero-order valence-electron chi connectivity index (χ0n) is 80.2. The SMILES string of the molecule is [2H]C([2H])(Sc1nc(=O)c2c(n1C([2H])([2H])C(=O)N(Cc1ccc(-c3ccc(C(F)(F)F)cc3)cc1)C([2H])([2H])C([2H])([2H])N(CC)CC)C([2H])([2H])C([2H])(C)C2([2H])[2H])c1ccc(F)cc1.[2H]c1c([2H])c(-c2c([2H])c([2H])c(C(F)(F)F)c(C)c2[2H])c([2H])c([2H])c1CN(C(=O)C([2H])([2H])n1c(SC([2H])([2H])c2ccc(F)cc2)nc(=O)c2c1CCC2)C([2H])([2H])C([2H])([2H])N(CC)CC. The van der Waals surface area contributed by atoms with Crippen LogP contribution >= 0.6 is 23.5 Å². The Bertz CT molecular complexity index is 5490. The van der Waals surface area contributed by atoms with E-state index < -0.39 is 226 Å². The number of alkyl halides is 6. The number of aromatic nitrogens is 4. The van der Waals surface area contributed by atoms with Crippen molar-refractivity contribution in [2.75, 3.05) is 52.2 Å². The minimum atomic E-state index is -5.18. The normalized spacial score (nSPS) is 20.9. The molecule has 0 N–H and O–H groups in total. The van der Waals surface area contributed by atoms with Gasteiger partial charge >= 0.3 is 12.4 Å². The lowest BCUT2D eigenvalue weighted by atomic mass is 9.98. The standard InChI is InChI=1S/2C37H40F4N4O2S/c1-4-43(5-2)18-19-44(22-26-6-10-28(11-7-26)29-12-14-30(15-13-29)37(39,40)41)34(46)23-45-33-21-25(3)20-32(33)35(47)42-36(45)48-24-27-8-16-31(38)17-9-27;1-4-43(5-2)19-20-44(22-26-9-13-28(14-10-26)29-15-18-32(25(3)21-29)37(39,40)41)34(46)23-45-33-8-6-7-31(33)35(47)42-36(45)48-24-27-11-16-30(38)17-12-27/h6-17,25H,4-5,18-24H2,1-3H3;9-18,21H,4-8,19-20,22-24H2,1-3H3/i18D2,19D2,20D2,21D2,23D2,24D2,25D;9D,10D,13D,14D,15D,18D,19D2,20D2,21D,23D2,24D2. The number of halogens is 8. The predicted molar refractivity (Wildman–Crippen MR) is 362 cm³/mol. The van der Waals surface area contributed by atoms with Gasteiger partial charge in [-0.2, -0.15) is 36.3 Å². The average molecular weight is 1390 g/mol. The van der Waals surface area contributed by atoms with E-state index in [-0.39, 0.29) is 111 Å². The van der Waals surface area contributed by atoms with Crippen LogP contribution in [0.15, 0.2) is 159 Å². The minimum absolute atomic E-state index is 0.00775. The molecule has 96 heavy (non-hydrogen) atoms. The predicted octanol–water partition coefficient (Wildman–Crippen LogP) is 15.0. The second-order valence-electron chi connectivity index (χ2n) is 21.0. The Morgan fingerprint density at radius 1 is 0.573 bits per heavy atom. The lowest BCUT2D eigenvalue weighted by Gasteiger charge is -2.28. The highest BCUT2D eigenvalue weighted by atomic mass is 32.2. The van der Waals surface area contributed by atoms with Gasteiger partial charge in [-0.05, 0) is 164 Å². The lowest BCUT2D eigenvalue weighted by molar-refractivity contribution is -0.138. The first-order valence-corrected chi connectivity index (χ1v) is 31.3. The first-order chi connectivity index (χ1) is 56.7. The van der Waals surface area contributed by atoms with Crippen molar-refractivity contribution in [3.8, 4) is 22.3 Å². The van der Waals surface area contributed by atoms with Gasteiger partial charge in [-0.3, -0.25) is 19.2 Å². The Morgan fingerprint density at radius 3 is 1.52 bits per heavy atom. The number of thioether (sulfide) groups is 2. The molecule has 0 saturated heterocycles. The molecule has 2 aliphatic rings. The summed E-state index contributed by atoms with van der Waals surface area (Å²) >= 11 is 0.134. The summed E-state index contributed by atoms with van der Waals surface area (Å²) in [5.74, 6) is -8.20. The van der Waals surface area contributed by atoms with E-state index in [9.17, 15) is 55.7 Å². The van der Waals surface area contributed by atoms with E-state index in [0.717, 1.165) is 84.3 Å². The van der Waals surface area contributed by atoms with Gasteiger partial charge in [0, 0.05) is 90.8 Å². The molecular weight excluding hydrogens is 1280 g/mol. The monoisotopic (exact) mass is 1390 g/mol. The van der Waals surface area contributed by atoms with Crippen LogP contribution in [0.3, 0.4) is 0 Å². The van der Waals surface area contributed by atoms with Crippen molar-refractivity contribution in [3.63, 3.8) is 0 Å². The van der Waals surface area contributed by atoms with Crippen LogP contribution in [0.25, 0.3) is 22.3 Å². The Balaban J connectivity index is 0.000000281. The molecule has 0 aliphatic heterocycles. The summed E-state index contributed by atoms with van der Waals surface area (Å²) in [5, 5.41) is -1.77. The molecule has 1 atom stereocenters. The number of carbonyl (C=O) groups is 2. The number of hydrogen-bond donors (Lipinski definition) is 0. The second-order valence-corrected chi connectivity index (χ2v) is 22.6. The van der Waals surface area contributed by atoms with Crippen molar-refractivity contribution in [3.05, 3.63) is 233 Å². The van der Waals surface area contributed by atoms with Gasteiger partial charge in [-0.1, -0.05) is 155 Å². The summed E-state index contributed by atoms with van der Waals surface area (Å²) in [7, 11) is 0. The lowest BCUT2D eigenvalue weighted by Crippen LogP contribution is -2.40. The molecule has 8 aromatic rings. The van der Waals surface area contributed by atoms with Crippen LogP contribution in [0.4, 0.5) is 35.1 Å². The highest BCUT2D eigenvalue weighted by molar-refractivity contribution is 7.98. The largest absolute Gasteiger partial charge is 0.416 e. The molecule has 2 amide bonds. The van der Waals surface area contributed by atoms with Crippen LogP contribution < -0.4 is 11.1 Å². The van der Waals surface area contributed by atoms with Crippen molar-refractivity contribution in [1.82, 2.24) is 38.7 Å². The zero-order chi connectivity index (χ0) is 93.8. The highest BCUT2D eigenvalue weighted by Crippen LogP contribution is 2.36. The topological polar surface area (TPSA) is 117 Å². The van der Waals surface area contributed by atoms with Gasteiger partial charge in [0.05, 0.1) is 31.7 Å². The van der Waals surface area contributed by atoms with Crippen molar-refractivity contribution in [2.24, 2.45) is 5.89 Å². The Hall–Kier alpha value is -7.92. The first kappa shape index (κ1) is 43.4. The number of amides is 2. The van der Waals surface area contributed by atoms with E-state index in [1.165, 1.54) is 64.1 Å². The molecular formula is C74H80F8N8O4S2. The number of benzene rings is 6. The maximum Gasteiger partial charge on any atom is 0.416 e. The van der Waals surface area contributed by atoms with E-state index in [4.69, 9.17) is 27.4 Å². The van der Waals surface area contributed by atoms with Gasteiger partial charge in [0.1, 0.15) is 24.6 Å². The van der Waals surface area contributed by atoms with E-state index in [1.807, 2.05) is 0 Å². The molecule has 0 spiro atoms. The van der Waals surface area contributed by atoms with Crippen molar-refractivity contribution in [1.29, 1.82) is 0 Å². The maximum absolute atomic E-state index is 15.0. The van der Waals surface area contributed by atoms with Crippen LogP contribution in [-0.4, -0.2) is 103 Å². The zero-order valence-corrected chi connectivity index (χ0v) is 53.8. The van der Waals surface area contributed by atoms with Crippen molar-refractivity contribution < 1.29 is 83.1 Å². The molecule has 508 valence electrons. The van der Waals surface area contributed by atoms with Gasteiger partial charge in [0.25, 0.3) is 11.1 Å². The summed E-state index contributed by atoms with van der Waals surface area (Å²) < 4.78 is 359. The first-order valence-electron chi connectivity index (χ1n) is 43.6. The molecule has 2 heterocycles. The van der Waals surface area contributed by atoms with Crippen LogP contribution in [0, 0.1) is 24.5 Å². The highest BCUT2D eigenvalue weighted by Gasteiger charge is 2.34. The number of nitrogens with zero attached hydrogens (tertiary/aromatic N) is 8. The summed E-state index contributed by atoms with van der Waals surface area (Å²) in [5.41, 5.74) is -15.9. The molecule has 0 bridgehead atoms. The Labute approximate surface area is 603 Å². The molecule has 0 saturated carbocycles. The average Bonchev–Trinajstić information content (AvgIpc) is 1.51. The van der Waals surface area contributed by atoms with Crippen LogP contribution in [0.2, 0.25) is 0 Å². The molecule has 1 unspecified atom stereocenters. The Morgan fingerprint density at radius 2 is 1.03 bits per heavy atom. The number of likely N-dealkylation sites (N-methyl/N-ethyl adjacent to an activating group) is 2. The summed E-state index contributed by atoms with van der Waals surface area (Å²) in [6.07, 6.45) is -16.1. The quantitative estimate of drug-likeness (QED) is 0.0295. The molecule has 0 radical (unpaired) electrons. The smallest absolute Gasteiger partial charge is 0.336 e. The fraction of sp³-hybridized carbons (Fsp3) is 0.378. The number of fused-ring (bicyclic) bond motifs is 2. The van der Waals surface area contributed by atoms with Gasteiger partial charge in [-0.25, -0.2) is 8.78 Å².